The molecule has 1 aliphatic rings. The maximum atomic E-state index is 13.6. The van der Waals surface area contributed by atoms with Crippen molar-refractivity contribution in [1.29, 1.82) is 0 Å². The van der Waals surface area contributed by atoms with Crippen molar-refractivity contribution in [3.8, 4) is 17.2 Å². The molecule has 2 amide bonds. The quantitative estimate of drug-likeness (QED) is 0.491. The van der Waals surface area contributed by atoms with Gasteiger partial charge in [0.25, 0.3) is 11.8 Å². The van der Waals surface area contributed by atoms with Crippen LogP contribution >= 0.6 is 0 Å². The maximum Gasteiger partial charge on any atom is 0.255 e. The van der Waals surface area contributed by atoms with E-state index in [1.807, 2.05) is 12.1 Å². The van der Waals surface area contributed by atoms with Crippen molar-refractivity contribution < 1.29 is 23.8 Å². The van der Waals surface area contributed by atoms with Crippen LogP contribution in [-0.4, -0.2) is 42.9 Å². The third kappa shape index (κ3) is 3.90. The van der Waals surface area contributed by atoms with Gasteiger partial charge < -0.3 is 30.6 Å². The molecule has 0 aliphatic carbocycles. The van der Waals surface area contributed by atoms with Gasteiger partial charge in [0.1, 0.15) is 23.2 Å². The van der Waals surface area contributed by atoms with Gasteiger partial charge in [-0.15, -0.1) is 0 Å². The summed E-state index contributed by atoms with van der Waals surface area (Å²) < 4.78 is 17.8. The standard InChI is InChI=1S/C24H25N5O5/c1-13-20(24(31)28-16-7-5-6-8-17(16)32-2)21(14-9-10-18(33-3)19(11-14)34-4)29-23(27-13)15(12-26-29)22(25)30/h5-12,21,27H,1-4H3,(H2,25,30)(H,28,31)/t21-/m0/s1. The second kappa shape index (κ2) is 9.18. The molecule has 176 valence electrons. The lowest BCUT2D eigenvalue weighted by Gasteiger charge is -2.30. The molecular weight excluding hydrogens is 438 g/mol. The number of aromatic nitrogens is 2. The SMILES string of the molecule is COc1ccccc1NC(=O)C1=C(C)Nc2c(C(N)=O)cnn2[C@H]1c1ccc(OC)c(OC)c1. The lowest BCUT2D eigenvalue weighted by Crippen LogP contribution is -2.32. The number of nitrogens with one attached hydrogen (secondary N) is 2. The van der Waals surface area contributed by atoms with E-state index in [2.05, 4.69) is 15.7 Å². The van der Waals surface area contributed by atoms with Crippen LogP contribution in [0.1, 0.15) is 28.9 Å². The van der Waals surface area contributed by atoms with Crippen LogP contribution in [0.5, 0.6) is 17.2 Å². The van der Waals surface area contributed by atoms with Crippen molar-refractivity contribution >= 4 is 23.3 Å². The third-order valence-electron chi connectivity index (χ3n) is 5.61. The fourth-order valence-corrected chi connectivity index (χ4v) is 4.00. The molecule has 1 atom stereocenters. The van der Waals surface area contributed by atoms with E-state index in [-0.39, 0.29) is 11.5 Å². The third-order valence-corrected chi connectivity index (χ3v) is 5.61. The molecule has 34 heavy (non-hydrogen) atoms. The van der Waals surface area contributed by atoms with Crippen molar-refractivity contribution in [2.45, 2.75) is 13.0 Å². The molecule has 4 rings (SSSR count). The first-order valence-corrected chi connectivity index (χ1v) is 10.4. The first kappa shape index (κ1) is 22.7. The van der Waals surface area contributed by atoms with Gasteiger partial charge in [0.2, 0.25) is 0 Å². The Hall–Kier alpha value is -4.47. The highest BCUT2D eigenvalue weighted by atomic mass is 16.5. The number of rotatable bonds is 7. The number of ether oxygens (including phenoxy) is 3. The molecule has 1 aliphatic heterocycles. The maximum absolute atomic E-state index is 13.6. The molecule has 0 saturated carbocycles. The van der Waals surface area contributed by atoms with E-state index in [1.165, 1.54) is 20.4 Å². The van der Waals surface area contributed by atoms with Gasteiger partial charge in [-0.05, 0) is 36.8 Å². The van der Waals surface area contributed by atoms with Crippen molar-refractivity contribution in [2.75, 3.05) is 32.0 Å². The molecule has 0 bridgehead atoms. The van der Waals surface area contributed by atoms with Gasteiger partial charge in [0.15, 0.2) is 11.5 Å². The van der Waals surface area contributed by atoms with Gasteiger partial charge in [-0.1, -0.05) is 18.2 Å². The predicted molar refractivity (Wildman–Crippen MR) is 126 cm³/mol. The molecule has 4 N–H and O–H groups in total. The fourth-order valence-electron chi connectivity index (χ4n) is 4.00. The Kier molecular flexibility index (Phi) is 6.13. The zero-order valence-corrected chi connectivity index (χ0v) is 19.2. The van der Waals surface area contributed by atoms with Gasteiger partial charge in [0.05, 0.1) is 38.8 Å². The summed E-state index contributed by atoms with van der Waals surface area (Å²) in [7, 11) is 4.61. The summed E-state index contributed by atoms with van der Waals surface area (Å²) in [6.07, 6.45) is 1.38. The summed E-state index contributed by atoms with van der Waals surface area (Å²) in [5.41, 5.74) is 7.92. The predicted octanol–water partition coefficient (Wildman–Crippen LogP) is 2.94. The second-order valence-electron chi connectivity index (χ2n) is 7.55. The smallest absolute Gasteiger partial charge is 0.255 e. The molecule has 10 nitrogen and oxygen atoms in total. The summed E-state index contributed by atoms with van der Waals surface area (Å²) in [5, 5.41) is 10.4. The molecule has 0 spiro atoms. The number of para-hydroxylation sites is 2. The summed E-state index contributed by atoms with van der Waals surface area (Å²) in [6.45, 7) is 1.76. The topological polar surface area (TPSA) is 130 Å². The monoisotopic (exact) mass is 463 g/mol. The highest BCUT2D eigenvalue weighted by Gasteiger charge is 2.35. The molecule has 1 aromatic heterocycles. The normalized spacial score (nSPS) is 14.6. The number of nitrogens with two attached hydrogens (primary N) is 1. The number of benzene rings is 2. The first-order chi connectivity index (χ1) is 16.4. The van der Waals surface area contributed by atoms with Crippen LogP contribution in [0.25, 0.3) is 0 Å². The van der Waals surface area contributed by atoms with Crippen LogP contribution in [-0.2, 0) is 4.79 Å². The van der Waals surface area contributed by atoms with Crippen LogP contribution in [0.4, 0.5) is 11.5 Å². The van der Waals surface area contributed by atoms with Crippen LogP contribution in [0.3, 0.4) is 0 Å². The highest BCUT2D eigenvalue weighted by Crippen LogP contribution is 2.40. The van der Waals surface area contributed by atoms with Crippen LogP contribution in [0.2, 0.25) is 0 Å². The molecule has 0 radical (unpaired) electrons. The molecular formula is C24H25N5O5. The Morgan fingerprint density at radius 3 is 2.41 bits per heavy atom. The second-order valence-corrected chi connectivity index (χ2v) is 7.55. The van der Waals surface area contributed by atoms with Crippen molar-refractivity contribution in [1.82, 2.24) is 9.78 Å². The Morgan fingerprint density at radius 2 is 1.74 bits per heavy atom. The minimum Gasteiger partial charge on any atom is -0.495 e. The molecule has 0 saturated heterocycles. The molecule has 3 aromatic rings. The van der Waals surface area contributed by atoms with Crippen LogP contribution < -0.4 is 30.6 Å². The number of carbonyl (C=O) groups excluding carboxylic acids is 2. The summed E-state index contributed by atoms with van der Waals surface area (Å²) >= 11 is 0. The van der Waals surface area contributed by atoms with Gasteiger partial charge in [-0.25, -0.2) is 4.68 Å². The Labute approximate surface area is 196 Å². The lowest BCUT2D eigenvalue weighted by molar-refractivity contribution is -0.113. The number of methoxy groups -OCH3 is 3. The Balaban J connectivity index is 1.85. The molecule has 10 heteroatoms. The molecule has 0 unspecified atom stereocenters. The van der Waals surface area contributed by atoms with Crippen LogP contribution in [0.15, 0.2) is 59.9 Å². The summed E-state index contributed by atoms with van der Waals surface area (Å²) in [6, 6.07) is 11.8. The van der Waals surface area contributed by atoms with Gasteiger partial charge >= 0.3 is 0 Å². The average Bonchev–Trinajstić information content (AvgIpc) is 3.26. The number of primary amides is 1. The van der Waals surface area contributed by atoms with E-state index in [9.17, 15) is 9.59 Å². The number of carbonyl (C=O) groups is 2. The Morgan fingerprint density at radius 1 is 1.03 bits per heavy atom. The number of nitrogens with zero attached hydrogens (tertiary/aromatic N) is 2. The number of amides is 2. The van der Waals surface area contributed by atoms with Crippen molar-refractivity contribution in [2.24, 2.45) is 5.73 Å². The fraction of sp³-hybridized carbons (Fsp3) is 0.208. The zero-order valence-electron chi connectivity index (χ0n) is 19.2. The lowest BCUT2D eigenvalue weighted by atomic mass is 9.94. The summed E-state index contributed by atoms with van der Waals surface area (Å²) in [4.78, 5) is 25.6. The number of anilines is 2. The minimum atomic E-state index is -0.682. The first-order valence-electron chi connectivity index (χ1n) is 10.4. The zero-order chi connectivity index (χ0) is 24.4. The molecule has 2 aromatic carbocycles. The van der Waals surface area contributed by atoms with Gasteiger partial charge in [-0.2, -0.15) is 5.10 Å². The molecule has 0 fully saturated rings. The largest absolute Gasteiger partial charge is 0.495 e. The van der Waals surface area contributed by atoms with E-state index < -0.39 is 11.9 Å². The van der Waals surface area contributed by atoms with Gasteiger partial charge in [0, 0.05) is 5.70 Å². The number of hydrogen-bond acceptors (Lipinski definition) is 7. The number of hydrogen-bond donors (Lipinski definition) is 3. The Bertz CT molecular complexity index is 1300. The van der Waals surface area contributed by atoms with E-state index >= 15 is 0 Å². The van der Waals surface area contributed by atoms with Crippen molar-refractivity contribution in [3.63, 3.8) is 0 Å². The molecule has 2 heterocycles. The van der Waals surface area contributed by atoms with E-state index in [1.54, 1.807) is 49.0 Å². The van der Waals surface area contributed by atoms with E-state index in [0.29, 0.717) is 45.6 Å². The number of fused-ring (bicyclic) bond motifs is 1. The van der Waals surface area contributed by atoms with Crippen molar-refractivity contribution in [3.05, 3.63) is 71.1 Å². The van der Waals surface area contributed by atoms with Crippen LogP contribution in [0, 0.1) is 0 Å². The van der Waals surface area contributed by atoms with E-state index in [4.69, 9.17) is 19.9 Å². The van der Waals surface area contributed by atoms with E-state index in [0.717, 1.165) is 0 Å². The minimum absolute atomic E-state index is 0.217. The highest BCUT2D eigenvalue weighted by molar-refractivity contribution is 6.07. The average molecular weight is 463 g/mol. The number of allylic oxidation sites excluding steroid dienone is 1. The summed E-state index contributed by atoms with van der Waals surface area (Å²) in [5.74, 6) is 0.962. The van der Waals surface area contributed by atoms with Gasteiger partial charge in [-0.3, -0.25) is 9.59 Å².